The summed E-state index contributed by atoms with van der Waals surface area (Å²) in [4.78, 5) is 19.7. The molecule has 3 rings (SSSR count). The summed E-state index contributed by atoms with van der Waals surface area (Å²) in [7, 11) is 1.57. The summed E-state index contributed by atoms with van der Waals surface area (Å²) in [5.74, 6) is -0.143. The van der Waals surface area contributed by atoms with Gasteiger partial charge in [-0.2, -0.15) is 5.26 Å². The average Bonchev–Trinajstić information content (AvgIpc) is 3.24. The summed E-state index contributed by atoms with van der Waals surface area (Å²) >= 11 is 1.43. The van der Waals surface area contributed by atoms with Crippen LogP contribution in [0.2, 0.25) is 0 Å². The molecule has 2 aromatic rings. The van der Waals surface area contributed by atoms with Gasteiger partial charge in [-0.1, -0.05) is 41.7 Å². The Kier molecular flexibility index (Phi) is 4.79. The molecule has 6 nitrogen and oxygen atoms in total. The molecule has 1 aliphatic heterocycles. The number of amides is 1. The molecule has 0 unspecified atom stereocenters. The summed E-state index contributed by atoms with van der Waals surface area (Å²) < 4.78 is 5.24. The van der Waals surface area contributed by atoms with Crippen LogP contribution in [0.25, 0.3) is 10.4 Å². The van der Waals surface area contributed by atoms with Crippen molar-refractivity contribution in [1.29, 1.82) is 5.26 Å². The van der Waals surface area contributed by atoms with Crippen molar-refractivity contribution < 1.29 is 9.53 Å². The summed E-state index contributed by atoms with van der Waals surface area (Å²) in [5, 5.41) is 12.5. The molecule has 1 saturated heterocycles. The molecule has 1 aliphatic rings. The molecule has 0 spiro atoms. The largest absolute Gasteiger partial charge is 0.383 e. The van der Waals surface area contributed by atoms with Gasteiger partial charge in [0.15, 0.2) is 11.3 Å². The van der Waals surface area contributed by atoms with Crippen molar-refractivity contribution >= 4 is 22.4 Å². The van der Waals surface area contributed by atoms with Gasteiger partial charge >= 0.3 is 0 Å². The fourth-order valence-electron chi connectivity index (χ4n) is 2.90. The number of anilines is 1. The van der Waals surface area contributed by atoms with Crippen LogP contribution in [-0.4, -0.2) is 42.6 Å². The van der Waals surface area contributed by atoms with Crippen LogP contribution >= 0.6 is 11.3 Å². The van der Waals surface area contributed by atoms with Crippen molar-refractivity contribution in [1.82, 2.24) is 9.88 Å². The Labute approximate surface area is 144 Å². The average molecular weight is 342 g/mol. The van der Waals surface area contributed by atoms with Crippen LogP contribution in [0.4, 0.5) is 5.13 Å². The van der Waals surface area contributed by atoms with Gasteiger partial charge in [-0.15, -0.1) is 0 Å². The number of nitrogens with zero attached hydrogens (tertiary/aromatic N) is 3. The quantitative estimate of drug-likeness (QED) is 0.845. The minimum Gasteiger partial charge on any atom is -0.383 e. The van der Waals surface area contributed by atoms with E-state index in [9.17, 15) is 4.79 Å². The van der Waals surface area contributed by atoms with E-state index in [1.807, 2.05) is 30.3 Å². The molecule has 1 aromatic heterocycles. The Morgan fingerprint density at radius 1 is 1.50 bits per heavy atom. The third kappa shape index (κ3) is 3.25. The fraction of sp³-hybridized carbons (Fsp3) is 0.353. The lowest BCUT2D eigenvalue weighted by molar-refractivity contribution is -0.127. The second kappa shape index (κ2) is 6.99. The Balaban J connectivity index is 1.74. The van der Waals surface area contributed by atoms with Crippen LogP contribution in [0.15, 0.2) is 36.5 Å². The fourth-order valence-corrected chi connectivity index (χ4v) is 3.72. The molecule has 1 N–H and O–H groups in total. The maximum atomic E-state index is 12.8. The van der Waals surface area contributed by atoms with Crippen molar-refractivity contribution in [2.45, 2.75) is 6.42 Å². The van der Waals surface area contributed by atoms with Gasteiger partial charge in [0, 0.05) is 26.4 Å². The van der Waals surface area contributed by atoms with Gasteiger partial charge in [-0.25, -0.2) is 4.98 Å². The van der Waals surface area contributed by atoms with Crippen LogP contribution in [0.5, 0.6) is 0 Å². The van der Waals surface area contributed by atoms with Crippen molar-refractivity contribution in [3.05, 3.63) is 36.5 Å². The van der Waals surface area contributed by atoms with Crippen molar-refractivity contribution in [3.63, 3.8) is 0 Å². The number of hydrogen-bond donors (Lipinski definition) is 1. The van der Waals surface area contributed by atoms with E-state index in [0.717, 1.165) is 10.4 Å². The van der Waals surface area contributed by atoms with Gasteiger partial charge in [0.25, 0.3) is 0 Å². The van der Waals surface area contributed by atoms with Crippen LogP contribution in [0, 0.1) is 16.9 Å². The Bertz CT molecular complexity index is 755. The zero-order valence-corrected chi connectivity index (χ0v) is 14.2. The predicted octanol–water partition coefficient (Wildman–Crippen LogP) is 2.57. The molecule has 1 aromatic carbocycles. The maximum absolute atomic E-state index is 12.8. The lowest BCUT2D eigenvalue weighted by Crippen LogP contribution is -2.42. The summed E-state index contributed by atoms with van der Waals surface area (Å²) in [6.45, 7) is 1.23. The first-order valence-electron chi connectivity index (χ1n) is 7.63. The molecule has 1 amide bonds. The van der Waals surface area contributed by atoms with Crippen LogP contribution in [0.1, 0.15) is 6.42 Å². The van der Waals surface area contributed by atoms with E-state index in [1.165, 1.54) is 11.3 Å². The van der Waals surface area contributed by atoms with Gasteiger partial charge in [-0.05, 0) is 12.0 Å². The highest BCUT2D eigenvalue weighted by Gasteiger charge is 2.45. The monoisotopic (exact) mass is 342 g/mol. The first kappa shape index (κ1) is 16.4. The predicted molar refractivity (Wildman–Crippen MR) is 92.3 cm³/mol. The van der Waals surface area contributed by atoms with E-state index < -0.39 is 5.41 Å². The van der Waals surface area contributed by atoms with E-state index in [1.54, 1.807) is 18.2 Å². The molecular weight excluding hydrogens is 324 g/mol. The molecule has 0 aliphatic carbocycles. The smallest absolute Gasteiger partial charge is 0.236 e. The maximum Gasteiger partial charge on any atom is 0.236 e. The van der Waals surface area contributed by atoms with Crippen molar-refractivity contribution in [3.8, 4) is 16.6 Å². The number of benzene rings is 1. The molecule has 124 valence electrons. The minimum atomic E-state index is -0.705. The Hall–Kier alpha value is -2.43. The van der Waals surface area contributed by atoms with Crippen LogP contribution < -0.4 is 5.32 Å². The van der Waals surface area contributed by atoms with E-state index in [-0.39, 0.29) is 12.5 Å². The van der Waals surface area contributed by atoms with Gasteiger partial charge < -0.3 is 15.0 Å². The molecule has 0 bridgehead atoms. The van der Waals surface area contributed by atoms with Crippen LogP contribution in [-0.2, 0) is 9.53 Å². The van der Waals surface area contributed by atoms with Gasteiger partial charge in [-0.3, -0.25) is 4.79 Å². The van der Waals surface area contributed by atoms with Crippen molar-refractivity contribution in [2.24, 2.45) is 5.41 Å². The highest BCUT2D eigenvalue weighted by atomic mass is 32.1. The first-order valence-corrected chi connectivity index (χ1v) is 8.45. The lowest BCUT2D eigenvalue weighted by Gasteiger charge is -2.25. The standard InChI is InChI=1S/C17H18N4O2S/c1-23-11-17(7-8-21(10-17)12-18)15(22)20-16-19-9-14(24-16)13-5-3-2-4-6-13/h2-6,9H,7-8,10-11H2,1H3,(H,19,20,22)/t17-/m0/s1. The topological polar surface area (TPSA) is 78.2 Å². The molecule has 0 radical (unpaired) electrons. The lowest BCUT2D eigenvalue weighted by atomic mass is 9.87. The second-order valence-electron chi connectivity index (χ2n) is 5.83. The van der Waals surface area contributed by atoms with Gasteiger partial charge in [0.2, 0.25) is 5.91 Å². The number of likely N-dealkylation sites (tertiary alicyclic amines) is 1. The van der Waals surface area contributed by atoms with Gasteiger partial charge in [0.05, 0.1) is 16.9 Å². The van der Waals surface area contributed by atoms with E-state index >= 15 is 0 Å². The Morgan fingerprint density at radius 2 is 2.29 bits per heavy atom. The number of rotatable bonds is 5. The second-order valence-corrected chi connectivity index (χ2v) is 6.87. The third-order valence-electron chi connectivity index (χ3n) is 4.18. The molecular formula is C17H18N4O2S. The number of hydrogen-bond acceptors (Lipinski definition) is 6. The molecule has 2 heterocycles. The number of nitrogens with one attached hydrogen (secondary N) is 1. The van der Waals surface area contributed by atoms with E-state index in [4.69, 9.17) is 10.00 Å². The summed E-state index contributed by atoms with van der Waals surface area (Å²) in [6, 6.07) is 9.91. The number of aromatic nitrogens is 1. The SMILES string of the molecule is COC[C@]1(C(=O)Nc2ncc(-c3ccccc3)s2)CCN(C#N)C1. The Morgan fingerprint density at radius 3 is 2.96 bits per heavy atom. The van der Waals surface area contributed by atoms with E-state index in [2.05, 4.69) is 16.5 Å². The molecule has 7 heteroatoms. The summed E-state index contributed by atoms with van der Waals surface area (Å²) in [5.41, 5.74) is 0.363. The first-order chi connectivity index (χ1) is 11.7. The normalized spacial score (nSPS) is 19.9. The highest BCUT2D eigenvalue weighted by molar-refractivity contribution is 7.19. The van der Waals surface area contributed by atoms with Gasteiger partial charge in [0.1, 0.15) is 0 Å². The highest BCUT2D eigenvalue weighted by Crippen LogP contribution is 2.34. The molecule has 24 heavy (non-hydrogen) atoms. The molecule has 1 atom stereocenters. The zero-order valence-electron chi connectivity index (χ0n) is 13.4. The number of thiazole rings is 1. The number of ether oxygens (including phenoxy) is 1. The summed E-state index contributed by atoms with van der Waals surface area (Å²) in [6.07, 6.45) is 4.46. The molecule has 1 fully saturated rings. The van der Waals surface area contributed by atoms with E-state index in [0.29, 0.717) is 24.6 Å². The number of nitriles is 1. The van der Waals surface area contributed by atoms with Crippen molar-refractivity contribution in [2.75, 3.05) is 32.1 Å². The van der Waals surface area contributed by atoms with Crippen LogP contribution in [0.3, 0.4) is 0 Å². The third-order valence-corrected chi connectivity index (χ3v) is 5.14. The number of carbonyl (C=O) groups is 1. The minimum absolute atomic E-state index is 0.143. The number of carbonyl (C=O) groups excluding carboxylic acids is 1. The number of methoxy groups -OCH3 is 1. The molecule has 0 saturated carbocycles. The zero-order chi connectivity index (χ0) is 17.0.